The van der Waals surface area contributed by atoms with E-state index in [9.17, 15) is 4.39 Å². The van der Waals surface area contributed by atoms with Gasteiger partial charge in [0.2, 0.25) is 0 Å². The first-order valence-electron chi connectivity index (χ1n) is 5.44. The van der Waals surface area contributed by atoms with Crippen molar-refractivity contribution in [2.75, 3.05) is 0 Å². The summed E-state index contributed by atoms with van der Waals surface area (Å²) in [6.07, 6.45) is 0. The Bertz CT molecular complexity index is 570. The third kappa shape index (κ3) is 2.71. The van der Waals surface area contributed by atoms with Crippen LogP contribution < -0.4 is 4.74 Å². The molecule has 0 aliphatic heterocycles. The molecule has 0 unspecified atom stereocenters. The molecule has 0 spiro atoms. The van der Waals surface area contributed by atoms with Crippen molar-refractivity contribution < 1.29 is 14.2 Å². The van der Waals surface area contributed by atoms with E-state index in [-0.39, 0.29) is 5.56 Å². The van der Waals surface area contributed by atoms with Gasteiger partial charge in [-0.3, -0.25) is 0 Å². The Labute approximate surface area is 113 Å². The number of rotatable bonds is 3. The molecule has 0 heterocycles. The van der Waals surface area contributed by atoms with E-state index in [1.165, 1.54) is 6.07 Å². The predicted octanol–water partition coefficient (Wildman–Crippen LogP) is 4.18. The molecule has 0 saturated carbocycles. The number of halogens is 2. The van der Waals surface area contributed by atoms with Gasteiger partial charge >= 0.3 is 0 Å². The molecular formula is C14H12BrFO2. The van der Waals surface area contributed by atoms with Crippen molar-refractivity contribution in [3.05, 3.63) is 57.8 Å². The Hall–Kier alpha value is -1.39. The smallest absolute Gasteiger partial charge is 0.141 e. The van der Waals surface area contributed by atoms with Crippen LogP contribution >= 0.6 is 15.9 Å². The normalized spacial score (nSPS) is 10.4. The first kappa shape index (κ1) is 13.1. The molecule has 0 amide bonds. The first-order valence-corrected chi connectivity index (χ1v) is 6.23. The highest BCUT2D eigenvalue weighted by molar-refractivity contribution is 9.10. The Kier molecular flexibility index (Phi) is 3.99. The van der Waals surface area contributed by atoms with Crippen LogP contribution in [0.25, 0.3) is 0 Å². The van der Waals surface area contributed by atoms with Crippen molar-refractivity contribution in [1.29, 1.82) is 0 Å². The number of hydrogen-bond donors (Lipinski definition) is 1. The molecule has 94 valence electrons. The van der Waals surface area contributed by atoms with Crippen LogP contribution in [0, 0.1) is 12.7 Å². The Morgan fingerprint density at radius 2 is 2.00 bits per heavy atom. The number of hydrogen-bond acceptors (Lipinski definition) is 2. The molecule has 0 radical (unpaired) electrons. The summed E-state index contributed by atoms with van der Waals surface area (Å²) in [5, 5.41) is 9.16. The molecule has 0 atom stereocenters. The molecule has 2 rings (SSSR count). The van der Waals surface area contributed by atoms with Gasteiger partial charge in [-0.05, 0) is 52.7 Å². The summed E-state index contributed by atoms with van der Waals surface area (Å²) in [4.78, 5) is 0. The molecular weight excluding hydrogens is 299 g/mol. The minimum Gasteiger partial charge on any atom is -0.456 e. The third-order valence-corrected chi connectivity index (χ3v) is 3.16. The number of aliphatic hydroxyl groups excluding tert-OH is 1. The Morgan fingerprint density at radius 1 is 1.22 bits per heavy atom. The molecule has 2 aromatic carbocycles. The SMILES string of the molecule is Cc1ccc(Oc2cccc(F)c2CO)c(Br)c1. The summed E-state index contributed by atoms with van der Waals surface area (Å²) in [5.41, 5.74) is 1.25. The fourth-order valence-electron chi connectivity index (χ4n) is 1.60. The van der Waals surface area contributed by atoms with E-state index in [0.717, 1.165) is 10.0 Å². The lowest BCUT2D eigenvalue weighted by Gasteiger charge is -2.12. The van der Waals surface area contributed by atoms with Crippen molar-refractivity contribution >= 4 is 15.9 Å². The highest BCUT2D eigenvalue weighted by Gasteiger charge is 2.10. The monoisotopic (exact) mass is 310 g/mol. The summed E-state index contributed by atoms with van der Waals surface area (Å²) in [6.45, 7) is 1.57. The highest BCUT2D eigenvalue weighted by Crippen LogP contribution is 2.32. The van der Waals surface area contributed by atoms with Crippen molar-refractivity contribution in [3.8, 4) is 11.5 Å². The summed E-state index contributed by atoms with van der Waals surface area (Å²) in [5.74, 6) is 0.432. The van der Waals surface area contributed by atoms with Gasteiger partial charge in [0.15, 0.2) is 0 Å². The molecule has 18 heavy (non-hydrogen) atoms. The minimum atomic E-state index is -0.474. The minimum absolute atomic E-state index is 0.157. The van der Waals surface area contributed by atoms with Crippen molar-refractivity contribution in [2.45, 2.75) is 13.5 Å². The van der Waals surface area contributed by atoms with E-state index < -0.39 is 12.4 Å². The zero-order valence-electron chi connectivity index (χ0n) is 9.78. The maximum Gasteiger partial charge on any atom is 0.141 e. The zero-order chi connectivity index (χ0) is 13.1. The topological polar surface area (TPSA) is 29.5 Å². The summed E-state index contributed by atoms with van der Waals surface area (Å²) >= 11 is 3.39. The van der Waals surface area contributed by atoms with Crippen LogP contribution in [-0.2, 0) is 6.61 Å². The maximum absolute atomic E-state index is 13.5. The third-order valence-electron chi connectivity index (χ3n) is 2.54. The van der Waals surface area contributed by atoms with Crippen molar-refractivity contribution in [1.82, 2.24) is 0 Å². The van der Waals surface area contributed by atoms with Gasteiger partial charge in [-0.1, -0.05) is 12.1 Å². The van der Waals surface area contributed by atoms with E-state index >= 15 is 0 Å². The second-order valence-electron chi connectivity index (χ2n) is 3.91. The highest BCUT2D eigenvalue weighted by atomic mass is 79.9. The average Bonchev–Trinajstić information content (AvgIpc) is 2.33. The quantitative estimate of drug-likeness (QED) is 0.921. The summed E-state index contributed by atoms with van der Waals surface area (Å²) in [6, 6.07) is 10.1. The summed E-state index contributed by atoms with van der Waals surface area (Å²) < 4.78 is 19.9. The van der Waals surface area contributed by atoms with Crippen LogP contribution in [0.2, 0.25) is 0 Å². The van der Waals surface area contributed by atoms with Gasteiger partial charge in [0.25, 0.3) is 0 Å². The van der Waals surface area contributed by atoms with E-state index in [4.69, 9.17) is 9.84 Å². The number of benzene rings is 2. The first-order chi connectivity index (χ1) is 8.61. The number of ether oxygens (including phenoxy) is 1. The van der Waals surface area contributed by atoms with E-state index in [1.807, 2.05) is 19.1 Å². The van der Waals surface area contributed by atoms with Gasteiger partial charge in [0, 0.05) is 0 Å². The van der Waals surface area contributed by atoms with Gasteiger partial charge < -0.3 is 9.84 Å². The maximum atomic E-state index is 13.5. The molecule has 0 aliphatic rings. The van der Waals surface area contributed by atoms with Gasteiger partial charge in [0.05, 0.1) is 16.6 Å². The van der Waals surface area contributed by atoms with Crippen molar-refractivity contribution in [3.63, 3.8) is 0 Å². The van der Waals surface area contributed by atoms with Crippen LogP contribution in [0.3, 0.4) is 0 Å². The van der Waals surface area contributed by atoms with Crippen LogP contribution in [0.4, 0.5) is 4.39 Å². The standard InChI is InChI=1S/C14H12BrFO2/c1-9-5-6-14(11(15)7-9)18-13-4-2-3-12(16)10(13)8-17/h2-7,17H,8H2,1H3. The Morgan fingerprint density at radius 3 is 2.67 bits per heavy atom. The van der Waals surface area contributed by atoms with Crippen molar-refractivity contribution in [2.24, 2.45) is 0 Å². The van der Waals surface area contributed by atoms with Crippen LogP contribution in [-0.4, -0.2) is 5.11 Å². The molecule has 0 saturated heterocycles. The molecule has 4 heteroatoms. The van der Waals surface area contributed by atoms with Crippen LogP contribution in [0.1, 0.15) is 11.1 Å². The van der Waals surface area contributed by atoms with E-state index in [1.54, 1.807) is 18.2 Å². The molecule has 0 aliphatic carbocycles. The fraction of sp³-hybridized carbons (Fsp3) is 0.143. The van der Waals surface area contributed by atoms with Gasteiger partial charge in [0.1, 0.15) is 17.3 Å². The number of aliphatic hydroxyl groups is 1. The predicted molar refractivity (Wildman–Crippen MR) is 71.3 cm³/mol. The largest absolute Gasteiger partial charge is 0.456 e. The second kappa shape index (κ2) is 5.50. The number of aryl methyl sites for hydroxylation is 1. The molecule has 0 aromatic heterocycles. The van der Waals surface area contributed by atoms with Gasteiger partial charge in [-0.15, -0.1) is 0 Å². The lowest BCUT2D eigenvalue weighted by Crippen LogP contribution is -1.95. The van der Waals surface area contributed by atoms with E-state index in [0.29, 0.717) is 11.5 Å². The van der Waals surface area contributed by atoms with Gasteiger partial charge in [-0.25, -0.2) is 4.39 Å². The second-order valence-corrected chi connectivity index (χ2v) is 4.76. The lowest BCUT2D eigenvalue weighted by molar-refractivity contribution is 0.270. The molecule has 0 fully saturated rings. The van der Waals surface area contributed by atoms with Gasteiger partial charge in [-0.2, -0.15) is 0 Å². The Balaban J connectivity index is 2.37. The summed E-state index contributed by atoms with van der Waals surface area (Å²) in [7, 11) is 0. The lowest BCUT2D eigenvalue weighted by atomic mass is 10.2. The molecule has 0 bridgehead atoms. The van der Waals surface area contributed by atoms with Crippen LogP contribution in [0.5, 0.6) is 11.5 Å². The fourth-order valence-corrected chi connectivity index (χ4v) is 2.17. The average molecular weight is 311 g/mol. The molecule has 2 aromatic rings. The van der Waals surface area contributed by atoms with E-state index in [2.05, 4.69) is 15.9 Å². The molecule has 1 N–H and O–H groups in total. The van der Waals surface area contributed by atoms with Crippen LogP contribution in [0.15, 0.2) is 40.9 Å². The zero-order valence-corrected chi connectivity index (χ0v) is 11.4. The molecule has 2 nitrogen and oxygen atoms in total.